The van der Waals surface area contributed by atoms with Crippen molar-refractivity contribution in [2.24, 2.45) is 0 Å². The summed E-state index contributed by atoms with van der Waals surface area (Å²) in [5.74, 6) is -1.73. The van der Waals surface area contributed by atoms with E-state index in [1.807, 2.05) is 0 Å². The van der Waals surface area contributed by atoms with Gasteiger partial charge in [-0.1, -0.05) is 0 Å². The average Bonchev–Trinajstić information content (AvgIpc) is 2.57. The number of likely N-dealkylation sites (N-methyl/N-ethyl adjacent to an activating group) is 1. The van der Waals surface area contributed by atoms with Crippen molar-refractivity contribution in [1.29, 1.82) is 0 Å². The molecule has 1 fully saturated rings. The maximum atomic E-state index is 11.5. The van der Waals surface area contributed by atoms with Crippen molar-refractivity contribution in [3.63, 3.8) is 0 Å². The van der Waals surface area contributed by atoms with E-state index in [1.165, 1.54) is 7.05 Å². The lowest BCUT2D eigenvalue weighted by molar-refractivity contribution is -0.160. The van der Waals surface area contributed by atoms with Gasteiger partial charge in [0.1, 0.15) is 0 Å². The topological polar surface area (TPSA) is 80.8 Å². The predicted octanol–water partition coefficient (Wildman–Crippen LogP) is -0.805. The number of nitrogens with zero attached hydrogens (tertiary/aromatic N) is 1. The van der Waals surface area contributed by atoms with Crippen LogP contribution in [0.4, 0.5) is 0 Å². The maximum absolute atomic E-state index is 11.5. The molecule has 0 aromatic heterocycles. The predicted molar refractivity (Wildman–Crippen MR) is 56.5 cm³/mol. The lowest BCUT2D eigenvalue weighted by Crippen LogP contribution is -2.42. The normalized spacial score (nSPS) is 22.8. The zero-order valence-electron chi connectivity index (χ0n) is 9.30. The van der Waals surface area contributed by atoms with Crippen LogP contribution in [0.15, 0.2) is 0 Å². The number of hydrogen-bond donors (Lipinski definition) is 0. The van der Waals surface area contributed by atoms with Gasteiger partial charge in [0, 0.05) is 13.1 Å². The fraction of sp³-hybridized carbons (Fsp3) is 0.778. The molecular weight excluding hydrogens is 234 g/mol. The maximum Gasteiger partial charge on any atom is 0.397 e. The summed E-state index contributed by atoms with van der Waals surface area (Å²) in [6.45, 7) is 1.73. The second kappa shape index (κ2) is 4.82. The third kappa shape index (κ3) is 2.94. The first-order valence-electron chi connectivity index (χ1n) is 5.01. The van der Waals surface area contributed by atoms with Crippen LogP contribution in [0.25, 0.3) is 0 Å². The van der Waals surface area contributed by atoms with Gasteiger partial charge in [0.2, 0.25) is 0 Å². The van der Waals surface area contributed by atoms with Gasteiger partial charge in [0.05, 0.1) is 18.1 Å². The zero-order chi connectivity index (χ0) is 12.3. The highest BCUT2D eigenvalue weighted by Crippen LogP contribution is 2.16. The molecule has 0 spiro atoms. The van der Waals surface area contributed by atoms with Crippen molar-refractivity contribution in [3.05, 3.63) is 0 Å². The van der Waals surface area contributed by atoms with E-state index in [2.05, 4.69) is 4.74 Å². The summed E-state index contributed by atoms with van der Waals surface area (Å²) in [6, 6.07) is -0.415. The van der Waals surface area contributed by atoms with Gasteiger partial charge in [-0.05, 0) is 13.3 Å². The Balaban J connectivity index is 2.62. The minimum Gasteiger partial charge on any atom is -0.459 e. The smallest absolute Gasteiger partial charge is 0.397 e. The molecule has 7 heteroatoms. The Morgan fingerprint density at radius 2 is 2.06 bits per heavy atom. The lowest BCUT2D eigenvalue weighted by atomic mass is 10.2. The van der Waals surface area contributed by atoms with E-state index in [9.17, 15) is 18.0 Å². The van der Waals surface area contributed by atoms with Crippen molar-refractivity contribution < 1.29 is 22.7 Å². The summed E-state index contributed by atoms with van der Waals surface area (Å²) >= 11 is 0. The van der Waals surface area contributed by atoms with Gasteiger partial charge in [-0.25, -0.2) is 13.2 Å². The van der Waals surface area contributed by atoms with Crippen LogP contribution < -0.4 is 0 Å². The molecule has 0 N–H and O–H groups in total. The molecule has 1 rings (SSSR count). The van der Waals surface area contributed by atoms with E-state index in [0.29, 0.717) is 6.42 Å². The summed E-state index contributed by atoms with van der Waals surface area (Å²) in [5.41, 5.74) is 0. The molecule has 0 aromatic carbocycles. The van der Waals surface area contributed by atoms with Crippen molar-refractivity contribution in [2.45, 2.75) is 19.4 Å². The summed E-state index contributed by atoms with van der Waals surface area (Å²) in [5, 5.41) is 0. The van der Waals surface area contributed by atoms with Gasteiger partial charge >= 0.3 is 11.9 Å². The quantitative estimate of drug-likeness (QED) is 0.472. The Morgan fingerprint density at radius 1 is 1.44 bits per heavy atom. The van der Waals surface area contributed by atoms with Gasteiger partial charge in [-0.3, -0.25) is 4.79 Å². The first-order chi connectivity index (χ1) is 7.37. The molecule has 0 aromatic rings. The molecule has 0 radical (unpaired) electrons. The van der Waals surface area contributed by atoms with Crippen LogP contribution in [0.1, 0.15) is 13.3 Å². The highest BCUT2D eigenvalue weighted by Gasteiger charge is 2.35. The second-order valence-corrected chi connectivity index (χ2v) is 5.92. The highest BCUT2D eigenvalue weighted by atomic mass is 32.2. The molecule has 1 amide bonds. The zero-order valence-corrected chi connectivity index (χ0v) is 10.1. The van der Waals surface area contributed by atoms with Crippen molar-refractivity contribution in [2.75, 3.05) is 25.2 Å². The molecule has 1 saturated heterocycles. The molecule has 0 bridgehead atoms. The number of rotatable bonds is 2. The van der Waals surface area contributed by atoms with Crippen LogP contribution in [0.5, 0.6) is 0 Å². The van der Waals surface area contributed by atoms with Crippen LogP contribution in [-0.2, 0) is 24.2 Å². The van der Waals surface area contributed by atoms with Crippen LogP contribution >= 0.6 is 0 Å². The number of hydrogen-bond acceptors (Lipinski definition) is 5. The van der Waals surface area contributed by atoms with Gasteiger partial charge in [0.15, 0.2) is 9.84 Å². The van der Waals surface area contributed by atoms with Crippen molar-refractivity contribution in [1.82, 2.24) is 4.90 Å². The molecule has 0 aliphatic carbocycles. The summed E-state index contributed by atoms with van der Waals surface area (Å²) in [4.78, 5) is 23.8. The largest absolute Gasteiger partial charge is 0.459 e. The summed E-state index contributed by atoms with van der Waals surface area (Å²) in [6.07, 6.45) is 0.379. The molecule has 6 nitrogen and oxygen atoms in total. The van der Waals surface area contributed by atoms with E-state index < -0.39 is 27.8 Å². The Morgan fingerprint density at radius 3 is 2.50 bits per heavy atom. The number of carbonyl (C=O) groups excluding carboxylic acids is 2. The van der Waals surface area contributed by atoms with Gasteiger partial charge in [-0.15, -0.1) is 0 Å². The SMILES string of the molecule is CCOC(=O)C(=O)N(C)C1CCS(=O)(=O)C1. The van der Waals surface area contributed by atoms with E-state index in [1.54, 1.807) is 6.92 Å². The minimum atomic E-state index is -3.06. The van der Waals surface area contributed by atoms with E-state index in [-0.39, 0.29) is 18.1 Å². The number of sulfone groups is 1. The fourth-order valence-corrected chi connectivity index (χ4v) is 3.36. The first kappa shape index (κ1) is 13.0. The Kier molecular flexibility index (Phi) is 3.90. The number of ether oxygens (including phenoxy) is 1. The monoisotopic (exact) mass is 249 g/mol. The molecule has 0 saturated carbocycles. The second-order valence-electron chi connectivity index (χ2n) is 3.69. The molecule has 92 valence electrons. The molecule has 1 aliphatic rings. The molecule has 1 heterocycles. The molecule has 1 atom stereocenters. The van der Waals surface area contributed by atoms with Crippen molar-refractivity contribution in [3.8, 4) is 0 Å². The minimum absolute atomic E-state index is 0.0676. The summed E-state index contributed by atoms with van der Waals surface area (Å²) in [7, 11) is -1.64. The third-order valence-corrected chi connectivity index (χ3v) is 4.28. The Bertz CT molecular complexity index is 389. The highest BCUT2D eigenvalue weighted by molar-refractivity contribution is 7.91. The fourth-order valence-electron chi connectivity index (χ4n) is 1.58. The Labute approximate surface area is 94.5 Å². The van der Waals surface area contributed by atoms with Crippen LogP contribution in [0, 0.1) is 0 Å². The molecule has 16 heavy (non-hydrogen) atoms. The van der Waals surface area contributed by atoms with Gasteiger partial charge in [0.25, 0.3) is 0 Å². The van der Waals surface area contributed by atoms with Gasteiger partial charge < -0.3 is 9.64 Å². The van der Waals surface area contributed by atoms with Crippen LogP contribution in [-0.4, -0.2) is 56.4 Å². The van der Waals surface area contributed by atoms with E-state index in [0.717, 1.165) is 4.90 Å². The summed E-state index contributed by atoms with van der Waals surface area (Å²) < 4.78 is 27.0. The van der Waals surface area contributed by atoms with Crippen LogP contribution in [0.2, 0.25) is 0 Å². The first-order valence-corrected chi connectivity index (χ1v) is 6.84. The average molecular weight is 249 g/mol. The standard InChI is InChI=1S/C9H15NO5S/c1-3-15-9(12)8(11)10(2)7-4-5-16(13,14)6-7/h7H,3-6H2,1-2H3. The molecule has 1 unspecified atom stereocenters. The van der Waals surface area contributed by atoms with Crippen LogP contribution in [0.3, 0.4) is 0 Å². The lowest BCUT2D eigenvalue weighted by Gasteiger charge is -2.21. The number of esters is 1. The van der Waals surface area contributed by atoms with Gasteiger partial charge in [-0.2, -0.15) is 0 Å². The van der Waals surface area contributed by atoms with Crippen molar-refractivity contribution >= 4 is 21.7 Å². The number of amides is 1. The molecular formula is C9H15NO5S. The molecule has 1 aliphatic heterocycles. The Hall–Kier alpha value is -1.11. The third-order valence-electron chi connectivity index (χ3n) is 2.53. The van der Waals surface area contributed by atoms with E-state index >= 15 is 0 Å². The number of carbonyl (C=O) groups is 2. The van der Waals surface area contributed by atoms with E-state index in [4.69, 9.17) is 0 Å².